The molecule has 0 saturated heterocycles. The lowest BCUT2D eigenvalue weighted by Gasteiger charge is -2.12. The first kappa shape index (κ1) is 14.3. The molecule has 0 fully saturated rings. The molecule has 1 atom stereocenters. The van der Waals surface area contributed by atoms with Gasteiger partial charge in [0, 0.05) is 0 Å². The molecule has 0 spiro atoms. The Morgan fingerprint density at radius 3 is 2.35 bits per heavy atom. The number of aryl methyl sites for hydroxylation is 1. The number of carbonyl (C=O) groups is 1. The van der Waals surface area contributed by atoms with Crippen LogP contribution in [0, 0.1) is 6.92 Å². The number of hydrogen-bond acceptors (Lipinski definition) is 3. The number of esters is 1. The normalized spacial score (nSPS) is 11.9. The number of hydrogen-bond donors (Lipinski definition) is 1. The van der Waals surface area contributed by atoms with E-state index >= 15 is 0 Å². The van der Waals surface area contributed by atoms with Crippen LogP contribution in [0.15, 0.2) is 54.6 Å². The Morgan fingerprint density at radius 2 is 1.70 bits per heavy atom. The summed E-state index contributed by atoms with van der Waals surface area (Å²) in [6, 6.07) is 17.0. The van der Waals surface area contributed by atoms with Crippen LogP contribution >= 0.6 is 0 Å². The van der Waals surface area contributed by atoms with Crippen molar-refractivity contribution in [3.63, 3.8) is 0 Å². The van der Waals surface area contributed by atoms with Crippen molar-refractivity contribution in [3.8, 4) is 0 Å². The Morgan fingerprint density at radius 1 is 1.05 bits per heavy atom. The van der Waals surface area contributed by atoms with Crippen molar-refractivity contribution in [3.05, 3.63) is 71.3 Å². The van der Waals surface area contributed by atoms with Crippen molar-refractivity contribution in [2.75, 3.05) is 0 Å². The Balaban J connectivity index is 1.84. The van der Waals surface area contributed by atoms with Crippen molar-refractivity contribution >= 4 is 5.97 Å². The van der Waals surface area contributed by atoms with Gasteiger partial charge in [0.25, 0.3) is 0 Å². The Bertz CT molecular complexity index is 549. The van der Waals surface area contributed by atoms with E-state index in [1.165, 1.54) is 5.56 Å². The van der Waals surface area contributed by atoms with Crippen molar-refractivity contribution in [1.82, 2.24) is 0 Å². The van der Waals surface area contributed by atoms with Crippen molar-refractivity contribution in [2.24, 2.45) is 5.73 Å². The minimum atomic E-state index is -0.624. The standard InChI is InChI=1S/C17H19NO2/c1-13-7-9-14(10-8-13)11-16(18)17(19)20-12-15-5-3-2-4-6-15/h2-10,16H,11-12,18H2,1H3/t16-/m1/s1. The Hall–Kier alpha value is -2.13. The molecule has 20 heavy (non-hydrogen) atoms. The SMILES string of the molecule is Cc1ccc(C[C@@H](N)C(=O)OCc2ccccc2)cc1. The van der Waals surface area contributed by atoms with Crippen molar-refractivity contribution in [2.45, 2.75) is 26.0 Å². The highest BCUT2D eigenvalue weighted by atomic mass is 16.5. The maximum Gasteiger partial charge on any atom is 0.323 e. The molecule has 0 saturated carbocycles. The minimum absolute atomic E-state index is 0.265. The molecule has 0 aromatic heterocycles. The number of carbonyl (C=O) groups excluding carboxylic acids is 1. The third-order valence-electron chi connectivity index (χ3n) is 3.10. The van der Waals surface area contributed by atoms with Crippen LogP contribution in [0.3, 0.4) is 0 Å². The van der Waals surface area contributed by atoms with E-state index in [0.717, 1.165) is 11.1 Å². The number of ether oxygens (including phenoxy) is 1. The van der Waals surface area contributed by atoms with Gasteiger partial charge in [0.2, 0.25) is 0 Å². The van der Waals surface area contributed by atoms with Crippen LogP contribution in [0.4, 0.5) is 0 Å². The van der Waals surface area contributed by atoms with Crippen molar-refractivity contribution < 1.29 is 9.53 Å². The van der Waals surface area contributed by atoms with E-state index in [9.17, 15) is 4.79 Å². The minimum Gasteiger partial charge on any atom is -0.460 e. The van der Waals surface area contributed by atoms with E-state index < -0.39 is 6.04 Å². The lowest BCUT2D eigenvalue weighted by atomic mass is 10.1. The third kappa shape index (κ3) is 4.21. The first-order chi connectivity index (χ1) is 9.65. The van der Waals surface area contributed by atoms with E-state index in [1.807, 2.05) is 61.5 Å². The molecule has 104 valence electrons. The Labute approximate surface area is 119 Å². The number of rotatable bonds is 5. The van der Waals surface area contributed by atoms with Gasteiger partial charge in [0.1, 0.15) is 12.6 Å². The molecule has 0 amide bonds. The first-order valence-corrected chi connectivity index (χ1v) is 6.67. The van der Waals surface area contributed by atoms with Gasteiger partial charge in [-0.15, -0.1) is 0 Å². The fraction of sp³-hybridized carbons (Fsp3) is 0.235. The Kier molecular flexibility index (Phi) is 4.91. The van der Waals surface area contributed by atoms with Gasteiger partial charge in [-0.2, -0.15) is 0 Å². The molecular weight excluding hydrogens is 250 g/mol. The number of nitrogens with two attached hydrogens (primary N) is 1. The van der Waals surface area contributed by atoms with Gasteiger partial charge >= 0.3 is 5.97 Å². The maximum absolute atomic E-state index is 11.8. The third-order valence-corrected chi connectivity index (χ3v) is 3.10. The molecule has 0 aliphatic carbocycles. The predicted molar refractivity (Wildman–Crippen MR) is 79.1 cm³/mol. The van der Waals surface area contributed by atoms with Gasteiger partial charge in [0.05, 0.1) is 0 Å². The molecule has 0 unspecified atom stereocenters. The van der Waals surface area contributed by atoms with E-state index in [2.05, 4.69) is 0 Å². The molecule has 3 nitrogen and oxygen atoms in total. The van der Waals surface area contributed by atoms with Crippen molar-refractivity contribution in [1.29, 1.82) is 0 Å². The molecule has 3 heteroatoms. The molecule has 0 aliphatic rings. The lowest BCUT2D eigenvalue weighted by Crippen LogP contribution is -2.34. The van der Waals surface area contributed by atoms with E-state index in [1.54, 1.807) is 0 Å². The smallest absolute Gasteiger partial charge is 0.323 e. The summed E-state index contributed by atoms with van der Waals surface area (Å²) in [7, 11) is 0. The average molecular weight is 269 g/mol. The van der Waals surface area contributed by atoms with Crippen LogP contribution in [0.5, 0.6) is 0 Å². The lowest BCUT2D eigenvalue weighted by molar-refractivity contribution is -0.146. The molecule has 0 heterocycles. The van der Waals surface area contributed by atoms with E-state index in [-0.39, 0.29) is 12.6 Å². The quantitative estimate of drug-likeness (QED) is 0.849. The van der Waals surface area contributed by atoms with Gasteiger partial charge in [-0.25, -0.2) is 0 Å². The molecule has 0 bridgehead atoms. The molecular formula is C17H19NO2. The topological polar surface area (TPSA) is 52.3 Å². The average Bonchev–Trinajstić information content (AvgIpc) is 2.48. The second-order valence-electron chi connectivity index (χ2n) is 4.89. The highest BCUT2D eigenvalue weighted by Gasteiger charge is 2.15. The summed E-state index contributed by atoms with van der Waals surface area (Å²) in [6.07, 6.45) is 0.494. The first-order valence-electron chi connectivity index (χ1n) is 6.67. The zero-order valence-corrected chi connectivity index (χ0v) is 11.6. The van der Waals surface area contributed by atoms with Crippen LogP contribution in [0.1, 0.15) is 16.7 Å². The van der Waals surface area contributed by atoms with Gasteiger partial charge < -0.3 is 10.5 Å². The summed E-state index contributed by atoms with van der Waals surface area (Å²) in [6.45, 7) is 2.29. The molecule has 0 radical (unpaired) electrons. The fourth-order valence-electron chi connectivity index (χ4n) is 1.90. The molecule has 2 aromatic rings. The molecule has 0 aliphatic heterocycles. The largest absolute Gasteiger partial charge is 0.460 e. The summed E-state index contributed by atoms with van der Waals surface area (Å²) in [5.41, 5.74) is 9.07. The van der Waals surface area contributed by atoms with Crippen LogP contribution < -0.4 is 5.73 Å². The molecule has 2 N–H and O–H groups in total. The monoisotopic (exact) mass is 269 g/mol. The predicted octanol–water partition coefficient (Wildman–Crippen LogP) is 2.61. The summed E-state index contributed by atoms with van der Waals surface area (Å²) in [5, 5.41) is 0. The fourth-order valence-corrected chi connectivity index (χ4v) is 1.90. The molecule has 2 rings (SSSR count). The summed E-state index contributed by atoms with van der Waals surface area (Å²) >= 11 is 0. The highest BCUT2D eigenvalue weighted by Crippen LogP contribution is 2.07. The van der Waals surface area contributed by atoms with Gasteiger partial charge in [-0.3, -0.25) is 4.79 Å². The van der Waals surface area contributed by atoms with Gasteiger partial charge in [0.15, 0.2) is 0 Å². The van der Waals surface area contributed by atoms with Crippen LogP contribution in [-0.2, 0) is 22.6 Å². The van der Waals surface area contributed by atoms with Crippen LogP contribution in [-0.4, -0.2) is 12.0 Å². The zero-order chi connectivity index (χ0) is 14.4. The van der Waals surface area contributed by atoms with Gasteiger partial charge in [-0.1, -0.05) is 60.2 Å². The van der Waals surface area contributed by atoms with Gasteiger partial charge in [-0.05, 0) is 24.5 Å². The second kappa shape index (κ2) is 6.87. The van der Waals surface area contributed by atoms with E-state index in [4.69, 9.17) is 10.5 Å². The van der Waals surface area contributed by atoms with Crippen LogP contribution in [0.25, 0.3) is 0 Å². The summed E-state index contributed by atoms with van der Waals surface area (Å²) in [5.74, 6) is -0.366. The highest BCUT2D eigenvalue weighted by molar-refractivity contribution is 5.75. The molecule has 2 aromatic carbocycles. The zero-order valence-electron chi connectivity index (χ0n) is 11.6. The second-order valence-corrected chi connectivity index (χ2v) is 4.89. The van der Waals surface area contributed by atoms with E-state index in [0.29, 0.717) is 6.42 Å². The summed E-state index contributed by atoms with van der Waals surface area (Å²) < 4.78 is 5.22. The summed E-state index contributed by atoms with van der Waals surface area (Å²) in [4.78, 5) is 11.8. The van der Waals surface area contributed by atoms with Crippen LogP contribution in [0.2, 0.25) is 0 Å². The number of benzene rings is 2. The maximum atomic E-state index is 11.8.